The quantitative estimate of drug-likeness (QED) is 0.297. The Kier molecular flexibility index (Phi) is 7.65. The average Bonchev–Trinajstić information content (AvgIpc) is 2.77. The number of esters is 1. The maximum absolute atomic E-state index is 13.1. The zero-order chi connectivity index (χ0) is 23.1. The molecule has 0 atom stereocenters. The molecule has 7 nitrogen and oxygen atoms in total. The Morgan fingerprint density at radius 3 is 2.50 bits per heavy atom. The van der Waals surface area contributed by atoms with Gasteiger partial charge in [-0.05, 0) is 50.5 Å². The van der Waals surface area contributed by atoms with Gasteiger partial charge in [0.05, 0.1) is 23.5 Å². The first-order chi connectivity index (χ1) is 15.4. The number of anilines is 2. The van der Waals surface area contributed by atoms with Crippen LogP contribution in [-0.2, 0) is 16.1 Å². The molecule has 0 bridgehead atoms. The number of hydrogen-bond donors (Lipinski definition) is 2. The normalized spacial score (nSPS) is 10.8. The predicted octanol–water partition coefficient (Wildman–Crippen LogP) is 4.27. The second-order valence-electron chi connectivity index (χ2n) is 7.64. The van der Waals surface area contributed by atoms with Gasteiger partial charge in [-0.2, -0.15) is 0 Å². The third-order valence-corrected chi connectivity index (χ3v) is 5.43. The maximum Gasteiger partial charge on any atom is 0.344 e. The van der Waals surface area contributed by atoms with E-state index in [4.69, 9.17) is 10.5 Å². The van der Waals surface area contributed by atoms with Crippen LogP contribution in [0.4, 0.5) is 11.4 Å². The van der Waals surface area contributed by atoms with Crippen molar-refractivity contribution in [1.82, 2.24) is 4.57 Å². The number of benzene rings is 2. The monoisotopic (exact) mass is 435 g/mol. The molecular formula is C25H29N3O4. The number of nitrogens with zero attached hydrogens (tertiary/aromatic N) is 1. The molecule has 3 rings (SSSR count). The van der Waals surface area contributed by atoms with Crippen molar-refractivity contribution < 1.29 is 14.3 Å². The fraction of sp³-hybridized carbons (Fsp3) is 0.320. The molecule has 1 heterocycles. The van der Waals surface area contributed by atoms with Crippen LogP contribution in [0.3, 0.4) is 0 Å². The van der Waals surface area contributed by atoms with Gasteiger partial charge in [-0.1, -0.05) is 36.8 Å². The third-order valence-electron chi connectivity index (χ3n) is 5.43. The number of pyridine rings is 1. The second kappa shape index (κ2) is 10.6. The number of unbranched alkanes of at least 4 members (excludes halogenated alkanes) is 2. The molecule has 3 N–H and O–H groups in total. The maximum atomic E-state index is 13.1. The number of aromatic nitrogens is 1. The predicted molar refractivity (Wildman–Crippen MR) is 127 cm³/mol. The van der Waals surface area contributed by atoms with Crippen molar-refractivity contribution in [3.05, 3.63) is 70.0 Å². The van der Waals surface area contributed by atoms with Gasteiger partial charge >= 0.3 is 5.97 Å². The summed E-state index contributed by atoms with van der Waals surface area (Å²) in [6.45, 7) is 4.16. The van der Waals surface area contributed by atoms with Crippen LogP contribution in [0.2, 0.25) is 0 Å². The van der Waals surface area contributed by atoms with Crippen LogP contribution in [0.25, 0.3) is 10.9 Å². The molecule has 7 heteroatoms. The van der Waals surface area contributed by atoms with Crippen molar-refractivity contribution in [2.45, 2.75) is 46.1 Å². The van der Waals surface area contributed by atoms with E-state index < -0.39 is 5.97 Å². The van der Waals surface area contributed by atoms with Crippen molar-refractivity contribution in [1.29, 1.82) is 0 Å². The highest BCUT2D eigenvalue weighted by Crippen LogP contribution is 2.21. The van der Waals surface area contributed by atoms with Crippen molar-refractivity contribution >= 4 is 34.2 Å². The number of rotatable bonds is 9. The van der Waals surface area contributed by atoms with E-state index in [-0.39, 0.29) is 23.6 Å². The number of aryl methyl sites for hydroxylation is 2. The summed E-state index contributed by atoms with van der Waals surface area (Å²) in [6, 6.07) is 14.7. The minimum Gasteiger partial charge on any atom is -0.462 e. The lowest BCUT2D eigenvalue weighted by molar-refractivity contribution is -0.116. The number of nitrogens with one attached hydrogen (secondary N) is 1. The molecule has 0 saturated carbocycles. The van der Waals surface area contributed by atoms with Crippen molar-refractivity contribution in [3.8, 4) is 0 Å². The minimum atomic E-state index is -0.591. The van der Waals surface area contributed by atoms with Gasteiger partial charge in [0.25, 0.3) is 5.56 Å². The number of nitrogens with two attached hydrogens (primary N) is 1. The minimum absolute atomic E-state index is 0.0883. The summed E-state index contributed by atoms with van der Waals surface area (Å²) >= 11 is 0. The lowest BCUT2D eigenvalue weighted by atomic mass is 10.0. The molecule has 0 aliphatic carbocycles. The Labute approximate surface area is 187 Å². The van der Waals surface area contributed by atoms with E-state index in [1.807, 2.05) is 36.4 Å². The Morgan fingerprint density at radius 2 is 1.75 bits per heavy atom. The first-order valence-corrected chi connectivity index (χ1v) is 10.9. The highest BCUT2D eigenvalue weighted by molar-refractivity contribution is 5.97. The van der Waals surface area contributed by atoms with E-state index in [1.54, 1.807) is 30.5 Å². The summed E-state index contributed by atoms with van der Waals surface area (Å²) in [5.41, 5.74) is 8.18. The molecule has 2 aromatic carbocycles. The first-order valence-electron chi connectivity index (χ1n) is 10.9. The number of carbonyl (C=O) groups is 2. The third kappa shape index (κ3) is 5.17. The number of para-hydroxylation sites is 3. The lowest BCUT2D eigenvalue weighted by Crippen LogP contribution is -2.29. The van der Waals surface area contributed by atoms with E-state index >= 15 is 0 Å². The van der Waals surface area contributed by atoms with Crippen LogP contribution in [-0.4, -0.2) is 23.1 Å². The number of fused-ring (bicyclic) bond motifs is 1. The van der Waals surface area contributed by atoms with E-state index in [2.05, 4.69) is 5.32 Å². The van der Waals surface area contributed by atoms with Gasteiger partial charge in [0.15, 0.2) is 0 Å². The molecule has 0 aliphatic heterocycles. The number of amides is 1. The number of ether oxygens (including phenoxy) is 1. The Bertz CT molecular complexity index is 1180. The van der Waals surface area contributed by atoms with Crippen LogP contribution in [0.1, 0.15) is 48.5 Å². The zero-order valence-corrected chi connectivity index (χ0v) is 18.5. The molecule has 0 fully saturated rings. The van der Waals surface area contributed by atoms with Gasteiger partial charge in [0.1, 0.15) is 5.56 Å². The van der Waals surface area contributed by atoms with E-state index in [0.29, 0.717) is 42.7 Å². The molecule has 0 aliphatic rings. The molecule has 1 amide bonds. The van der Waals surface area contributed by atoms with Gasteiger partial charge < -0.3 is 20.4 Å². The summed E-state index contributed by atoms with van der Waals surface area (Å²) < 4.78 is 6.75. The average molecular weight is 436 g/mol. The Balaban J connectivity index is 1.66. The van der Waals surface area contributed by atoms with Crippen molar-refractivity contribution in [3.63, 3.8) is 0 Å². The molecule has 3 aromatic rings. The van der Waals surface area contributed by atoms with Crippen LogP contribution >= 0.6 is 0 Å². The summed E-state index contributed by atoms with van der Waals surface area (Å²) in [6.07, 6.45) is 2.52. The molecule has 0 radical (unpaired) electrons. The largest absolute Gasteiger partial charge is 0.462 e. The Hall–Kier alpha value is -3.61. The van der Waals surface area contributed by atoms with Crippen LogP contribution in [0.5, 0.6) is 0 Å². The zero-order valence-electron chi connectivity index (χ0n) is 18.5. The summed E-state index contributed by atoms with van der Waals surface area (Å²) in [5, 5.41) is 3.68. The molecule has 1 aromatic heterocycles. The van der Waals surface area contributed by atoms with Gasteiger partial charge in [0, 0.05) is 18.4 Å². The lowest BCUT2D eigenvalue weighted by Gasteiger charge is -2.15. The van der Waals surface area contributed by atoms with Crippen LogP contribution in [0.15, 0.2) is 53.3 Å². The molecule has 32 heavy (non-hydrogen) atoms. The molecular weight excluding hydrogens is 406 g/mol. The van der Waals surface area contributed by atoms with Crippen molar-refractivity contribution in [2.75, 3.05) is 17.7 Å². The molecule has 0 saturated heterocycles. The highest BCUT2D eigenvalue weighted by Gasteiger charge is 2.20. The number of hydrogen-bond acceptors (Lipinski definition) is 5. The fourth-order valence-corrected chi connectivity index (χ4v) is 3.79. The SMILES string of the molecule is CCOC(=O)c1c(C)c2ccccc2n(CCCCCC(=O)Nc2ccccc2N)c1=O. The second-order valence-corrected chi connectivity index (χ2v) is 7.64. The number of nitrogen functional groups attached to an aromatic ring is 1. The van der Waals surface area contributed by atoms with Crippen LogP contribution < -0.4 is 16.6 Å². The smallest absolute Gasteiger partial charge is 0.344 e. The molecule has 168 valence electrons. The number of carbonyl (C=O) groups excluding carboxylic acids is 2. The Morgan fingerprint density at radius 1 is 1.03 bits per heavy atom. The van der Waals surface area contributed by atoms with Gasteiger partial charge in [-0.25, -0.2) is 4.79 Å². The summed E-state index contributed by atoms with van der Waals surface area (Å²) in [7, 11) is 0. The van der Waals surface area contributed by atoms with Crippen molar-refractivity contribution in [2.24, 2.45) is 0 Å². The summed E-state index contributed by atoms with van der Waals surface area (Å²) in [5.74, 6) is -0.684. The first kappa shape index (κ1) is 23.1. The standard InChI is InChI=1S/C25H29N3O4/c1-3-32-25(31)23-17(2)18-11-6-9-14-21(18)28(24(23)30)16-10-4-5-15-22(29)27-20-13-8-7-12-19(20)26/h6-9,11-14H,3-5,10,15-16,26H2,1-2H3,(H,27,29). The van der Waals surface area contributed by atoms with Gasteiger partial charge in [-0.15, -0.1) is 0 Å². The fourth-order valence-electron chi connectivity index (χ4n) is 3.79. The van der Waals surface area contributed by atoms with Crippen LogP contribution in [0, 0.1) is 6.92 Å². The van der Waals surface area contributed by atoms with Gasteiger partial charge in [0.2, 0.25) is 5.91 Å². The highest BCUT2D eigenvalue weighted by atomic mass is 16.5. The van der Waals surface area contributed by atoms with E-state index in [0.717, 1.165) is 17.3 Å². The van der Waals surface area contributed by atoms with E-state index in [1.165, 1.54) is 0 Å². The molecule has 0 unspecified atom stereocenters. The topological polar surface area (TPSA) is 103 Å². The van der Waals surface area contributed by atoms with Gasteiger partial charge in [-0.3, -0.25) is 9.59 Å². The van der Waals surface area contributed by atoms with E-state index in [9.17, 15) is 14.4 Å². The molecule has 0 spiro atoms. The summed E-state index contributed by atoms with van der Waals surface area (Å²) in [4.78, 5) is 37.7.